The van der Waals surface area contributed by atoms with Crippen LogP contribution in [0.15, 0.2) is 0 Å². The Balaban J connectivity index is 2.24. The van der Waals surface area contributed by atoms with Gasteiger partial charge < -0.3 is 0 Å². The van der Waals surface area contributed by atoms with E-state index in [2.05, 4.69) is 13.8 Å². The second-order valence-corrected chi connectivity index (χ2v) is 5.13. The second-order valence-electron chi connectivity index (χ2n) is 2.57. The minimum absolute atomic E-state index is 0.900. The second kappa shape index (κ2) is 3.02. The summed E-state index contributed by atoms with van der Waals surface area (Å²) in [6.07, 6.45) is 0. The first-order valence-corrected chi connectivity index (χ1v) is 5.54. The molecule has 48 valence electrons. The zero-order valence-corrected chi connectivity index (χ0v) is 7.02. The van der Waals surface area contributed by atoms with Crippen LogP contribution in [0.4, 0.5) is 0 Å². The maximum absolute atomic E-state index is 2.32. The summed E-state index contributed by atoms with van der Waals surface area (Å²) in [5, 5.41) is 0. The Morgan fingerprint density at radius 3 is 2.00 bits per heavy atom. The Morgan fingerprint density at radius 1 is 1.25 bits per heavy atom. The van der Waals surface area contributed by atoms with Gasteiger partial charge in [0, 0.05) is 11.5 Å². The van der Waals surface area contributed by atoms with Crippen LogP contribution in [0.3, 0.4) is 0 Å². The molecule has 1 fully saturated rings. The van der Waals surface area contributed by atoms with Gasteiger partial charge >= 0.3 is 0 Å². The molecule has 1 aliphatic heterocycles. The van der Waals surface area contributed by atoms with Crippen LogP contribution in [-0.2, 0) is 0 Å². The normalized spacial score (nSPS) is 22.9. The molecule has 1 heterocycles. The van der Waals surface area contributed by atoms with Crippen molar-refractivity contribution >= 4 is 21.6 Å². The van der Waals surface area contributed by atoms with Crippen molar-refractivity contribution in [1.82, 2.24) is 0 Å². The molecule has 0 saturated carbocycles. The third kappa shape index (κ3) is 1.59. The van der Waals surface area contributed by atoms with Gasteiger partial charge in [0.1, 0.15) is 0 Å². The van der Waals surface area contributed by atoms with Crippen molar-refractivity contribution in [2.45, 2.75) is 13.8 Å². The highest BCUT2D eigenvalue weighted by Crippen LogP contribution is 2.37. The number of hydrogen-bond donors (Lipinski definition) is 0. The van der Waals surface area contributed by atoms with Crippen molar-refractivity contribution in [2.24, 2.45) is 11.8 Å². The molecule has 2 heteroatoms. The quantitative estimate of drug-likeness (QED) is 0.524. The van der Waals surface area contributed by atoms with Crippen molar-refractivity contribution in [1.29, 1.82) is 0 Å². The topological polar surface area (TPSA) is 0 Å². The molecule has 0 radical (unpaired) electrons. The summed E-state index contributed by atoms with van der Waals surface area (Å²) >= 11 is 0. The minimum Gasteiger partial charge on any atom is -0.0938 e. The molecule has 0 aromatic rings. The van der Waals surface area contributed by atoms with Crippen LogP contribution in [0.5, 0.6) is 0 Å². The fourth-order valence-corrected chi connectivity index (χ4v) is 4.03. The van der Waals surface area contributed by atoms with Gasteiger partial charge in [-0.1, -0.05) is 35.4 Å². The van der Waals surface area contributed by atoms with E-state index in [-0.39, 0.29) is 0 Å². The van der Waals surface area contributed by atoms with Crippen LogP contribution in [0.2, 0.25) is 0 Å². The summed E-state index contributed by atoms with van der Waals surface area (Å²) in [7, 11) is 4.05. The lowest BCUT2D eigenvalue weighted by Crippen LogP contribution is -2.08. The fourth-order valence-electron chi connectivity index (χ4n) is 0.704. The minimum atomic E-state index is 0.900. The van der Waals surface area contributed by atoms with Gasteiger partial charge in [0.25, 0.3) is 0 Å². The summed E-state index contributed by atoms with van der Waals surface area (Å²) in [4.78, 5) is 0. The Kier molecular flexibility index (Phi) is 2.57. The lowest BCUT2D eigenvalue weighted by atomic mass is 10.0. The molecule has 8 heavy (non-hydrogen) atoms. The predicted octanol–water partition coefficient (Wildman–Crippen LogP) is 2.65. The molecule has 0 amide bonds. The van der Waals surface area contributed by atoms with Crippen molar-refractivity contribution in [3.8, 4) is 0 Å². The molecule has 0 aromatic carbocycles. The predicted molar refractivity (Wildman–Crippen MR) is 43.2 cm³/mol. The lowest BCUT2D eigenvalue weighted by molar-refractivity contribution is 0.476. The molecule has 0 unspecified atom stereocenters. The third-order valence-electron chi connectivity index (χ3n) is 1.59. The summed E-state index contributed by atoms with van der Waals surface area (Å²) in [6, 6.07) is 0. The van der Waals surface area contributed by atoms with E-state index in [0.29, 0.717) is 0 Å². The van der Waals surface area contributed by atoms with E-state index < -0.39 is 0 Å². The van der Waals surface area contributed by atoms with Crippen LogP contribution < -0.4 is 0 Å². The van der Waals surface area contributed by atoms with E-state index in [1.807, 2.05) is 21.6 Å². The van der Waals surface area contributed by atoms with Gasteiger partial charge in [-0.3, -0.25) is 0 Å². The summed E-state index contributed by atoms with van der Waals surface area (Å²) in [6.45, 7) is 4.63. The smallest absolute Gasteiger partial charge is 0.00759 e. The monoisotopic (exact) mass is 148 g/mol. The van der Waals surface area contributed by atoms with Crippen molar-refractivity contribution < 1.29 is 0 Å². The van der Waals surface area contributed by atoms with Crippen LogP contribution >= 0.6 is 21.6 Å². The Morgan fingerprint density at radius 2 is 1.75 bits per heavy atom. The molecule has 0 aliphatic carbocycles. The van der Waals surface area contributed by atoms with Gasteiger partial charge in [-0.05, 0) is 11.8 Å². The molecule has 0 nitrogen and oxygen atoms in total. The molecule has 0 bridgehead atoms. The first-order chi connectivity index (χ1) is 3.80. The third-order valence-corrected chi connectivity index (χ3v) is 4.20. The highest BCUT2D eigenvalue weighted by atomic mass is 33.1. The van der Waals surface area contributed by atoms with Gasteiger partial charge in [0.05, 0.1) is 0 Å². The average molecular weight is 148 g/mol. The molecule has 0 aromatic heterocycles. The largest absolute Gasteiger partial charge is 0.0938 e. The van der Waals surface area contributed by atoms with Crippen molar-refractivity contribution in [3.05, 3.63) is 0 Å². The first-order valence-electron chi connectivity index (χ1n) is 3.05. The number of hydrogen-bond acceptors (Lipinski definition) is 2. The molecule has 0 atom stereocenters. The van der Waals surface area contributed by atoms with Crippen LogP contribution in [0.25, 0.3) is 0 Å². The van der Waals surface area contributed by atoms with Gasteiger partial charge in [0.15, 0.2) is 0 Å². The number of rotatable bonds is 1. The summed E-state index contributed by atoms with van der Waals surface area (Å²) in [5.41, 5.74) is 0. The zero-order chi connectivity index (χ0) is 5.98. The van der Waals surface area contributed by atoms with Gasteiger partial charge in [-0.25, -0.2) is 0 Å². The first kappa shape index (κ1) is 6.81. The maximum atomic E-state index is 2.32. The molecule has 0 N–H and O–H groups in total. The highest BCUT2D eigenvalue weighted by molar-refractivity contribution is 8.77. The van der Waals surface area contributed by atoms with Crippen molar-refractivity contribution in [3.63, 3.8) is 0 Å². The Hall–Kier alpha value is 0.700. The molecule has 1 rings (SSSR count). The fraction of sp³-hybridized carbons (Fsp3) is 1.00. The van der Waals surface area contributed by atoms with Crippen molar-refractivity contribution in [2.75, 3.05) is 11.5 Å². The van der Waals surface area contributed by atoms with E-state index in [9.17, 15) is 0 Å². The van der Waals surface area contributed by atoms with E-state index in [0.717, 1.165) is 11.8 Å². The maximum Gasteiger partial charge on any atom is 0.00759 e. The molecular weight excluding hydrogens is 136 g/mol. The Labute approximate surface area is 59.2 Å². The van der Waals surface area contributed by atoms with Crippen LogP contribution in [-0.4, -0.2) is 11.5 Å². The van der Waals surface area contributed by atoms with E-state index in [4.69, 9.17) is 0 Å². The highest BCUT2D eigenvalue weighted by Gasteiger charge is 2.18. The van der Waals surface area contributed by atoms with Crippen LogP contribution in [0.1, 0.15) is 13.8 Å². The Bertz CT molecular complexity index is 64.9. The lowest BCUT2D eigenvalue weighted by Gasteiger charge is -2.09. The zero-order valence-electron chi connectivity index (χ0n) is 5.39. The molecule has 1 aliphatic rings. The molecule has 1 saturated heterocycles. The SMILES string of the molecule is CC(C)C1CSSC1. The van der Waals surface area contributed by atoms with E-state index in [1.54, 1.807) is 0 Å². The molecule has 0 spiro atoms. The van der Waals surface area contributed by atoms with Crippen LogP contribution in [0, 0.1) is 11.8 Å². The van der Waals surface area contributed by atoms with Gasteiger partial charge in [-0.2, -0.15) is 0 Å². The molecular formula is C6H12S2. The average Bonchev–Trinajstić information content (AvgIpc) is 2.12. The summed E-state index contributed by atoms with van der Waals surface area (Å²) < 4.78 is 0. The van der Waals surface area contributed by atoms with E-state index >= 15 is 0 Å². The van der Waals surface area contributed by atoms with E-state index in [1.165, 1.54) is 11.5 Å². The van der Waals surface area contributed by atoms with Gasteiger partial charge in [-0.15, -0.1) is 0 Å². The summed E-state index contributed by atoms with van der Waals surface area (Å²) in [5.74, 6) is 4.65. The standard InChI is InChI=1S/C6H12S2/c1-5(2)6-3-7-8-4-6/h5-6H,3-4H2,1-2H3. The van der Waals surface area contributed by atoms with Gasteiger partial charge in [0.2, 0.25) is 0 Å².